The normalized spacial score (nSPS) is 15.3. The molecule has 4 N–H and O–H groups in total. The predicted octanol–water partition coefficient (Wildman–Crippen LogP) is 5.84. The smallest absolute Gasteiger partial charge is 0.316 e. The molecule has 0 radical (unpaired) electrons. The van der Waals surface area contributed by atoms with Gasteiger partial charge in [-0.3, -0.25) is 19.6 Å². The first-order valence-electron chi connectivity index (χ1n) is 12.1. The lowest BCUT2D eigenvalue weighted by atomic mass is 9.75. The number of halogens is 2. The topological polar surface area (TPSA) is 141 Å². The second-order valence-electron chi connectivity index (χ2n) is 9.43. The number of aromatic nitrogens is 2. The predicted molar refractivity (Wildman–Crippen MR) is 157 cm³/mol. The lowest BCUT2D eigenvalue weighted by Gasteiger charge is -2.31. The van der Waals surface area contributed by atoms with Gasteiger partial charge in [-0.2, -0.15) is 0 Å². The summed E-state index contributed by atoms with van der Waals surface area (Å²) in [4.78, 5) is 31.5. The van der Waals surface area contributed by atoms with Gasteiger partial charge in [0.05, 0.1) is 12.2 Å². The van der Waals surface area contributed by atoms with E-state index in [1.54, 1.807) is 73.1 Å². The van der Waals surface area contributed by atoms with Crippen molar-refractivity contribution in [2.45, 2.75) is 36.9 Å². The molecule has 8 nitrogen and oxygen atoms in total. The zero-order chi connectivity index (χ0) is 29.5. The standard InChI is InChI=1S/2C15H14BrNO3/c2*1-15(14(19)20,11-7-12(16)9-17-8-11)13(18)10-5-3-2-4-6-10/h2*2-9,13,18H,1H3,(H,19,20)/t13-,15+;13-,15-/m01/s1. The third kappa shape index (κ3) is 6.64. The highest BCUT2D eigenvalue weighted by atomic mass is 79.9. The monoisotopic (exact) mass is 670 g/mol. The van der Waals surface area contributed by atoms with E-state index in [9.17, 15) is 30.0 Å². The largest absolute Gasteiger partial charge is 0.481 e. The van der Waals surface area contributed by atoms with Crippen molar-refractivity contribution in [2.75, 3.05) is 0 Å². The molecule has 0 fully saturated rings. The fourth-order valence-corrected chi connectivity index (χ4v) is 4.86. The molecule has 2 heterocycles. The molecule has 4 aromatic rings. The van der Waals surface area contributed by atoms with Crippen LogP contribution in [-0.2, 0) is 20.4 Å². The number of hydrogen-bond donors (Lipinski definition) is 4. The summed E-state index contributed by atoms with van der Waals surface area (Å²) < 4.78 is 1.34. The number of carboxylic acid groups (broad SMARTS) is 2. The highest BCUT2D eigenvalue weighted by molar-refractivity contribution is 9.10. The minimum Gasteiger partial charge on any atom is -0.481 e. The molecule has 2 aromatic carbocycles. The van der Waals surface area contributed by atoms with Crippen LogP contribution in [0.2, 0.25) is 0 Å². The van der Waals surface area contributed by atoms with Crippen molar-refractivity contribution < 1.29 is 30.0 Å². The molecule has 0 unspecified atom stereocenters. The molecular formula is C30H28Br2N2O6. The molecule has 0 aliphatic heterocycles. The molecule has 4 rings (SSSR count). The van der Waals surface area contributed by atoms with Crippen LogP contribution in [0.3, 0.4) is 0 Å². The van der Waals surface area contributed by atoms with Crippen molar-refractivity contribution in [2.24, 2.45) is 0 Å². The molecule has 0 spiro atoms. The van der Waals surface area contributed by atoms with Gasteiger partial charge in [0.2, 0.25) is 0 Å². The lowest BCUT2D eigenvalue weighted by Crippen LogP contribution is -2.39. The summed E-state index contributed by atoms with van der Waals surface area (Å²) in [5, 5.41) is 40.3. The van der Waals surface area contributed by atoms with Gasteiger partial charge < -0.3 is 20.4 Å². The van der Waals surface area contributed by atoms with E-state index in [-0.39, 0.29) is 0 Å². The van der Waals surface area contributed by atoms with Crippen LogP contribution in [0.4, 0.5) is 0 Å². The third-order valence-electron chi connectivity index (χ3n) is 6.82. The maximum Gasteiger partial charge on any atom is 0.316 e. The van der Waals surface area contributed by atoms with Gasteiger partial charge in [0.25, 0.3) is 0 Å². The summed E-state index contributed by atoms with van der Waals surface area (Å²) >= 11 is 6.54. The van der Waals surface area contributed by atoms with Crippen LogP contribution in [0.25, 0.3) is 0 Å². The summed E-state index contributed by atoms with van der Waals surface area (Å²) in [6.07, 6.45) is 3.73. The fraction of sp³-hybridized carbons (Fsp3) is 0.200. The van der Waals surface area contributed by atoms with Crippen LogP contribution >= 0.6 is 31.9 Å². The molecule has 0 saturated carbocycles. The Bertz CT molecular complexity index is 1350. The maximum atomic E-state index is 11.7. The number of carboxylic acids is 2. The molecular weight excluding hydrogens is 644 g/mol. The minimum atomic E-state index is -1.47. The second-order valence-corrected chi connectivity index (χ2v) is 11.3. The van der Waals surface area contributed by atoms with E-state index < -0.39 is 35.0 Å². The Labute approximate surface area is 248 Å². The van der Waals surface area contributed by atoms with E-state index >= 15 is 0 Å². The lowest BCUT2D eigenvalue weighted by molar-refractivity contribution is -0.149. The Morgan fingerprint density at radius 3 is 1.25 bits per heavy atom. The molecule has 4 atom stereocenters. The van der Waals surface area contributed by atoms with E-state index in [1.807, 2.05) is 12.1 Å². The Balaban J connectivity index is 0.000000220. The zero-order valence-corrected chi connectivity index (χ0v) is 24.8. The van der Waals surface area contributed by atoms with E-state index in [1.165, 1.54) is 26.2 Å². The van der Waals surface area contributed by atoms with E-state index in [0.29, 0.717) is 31.2 Å². The van der Waals surface area contributed by atoms with Crippen molar-refractivity contribution in [3.63, 3.8) is 0 Å². The number of carbonyl (C=O) groups is 2. The van der Waals surface area contributed by atoms with Gasteiger partial charge in [0.1, 0.15) is 10.8 Å². The number of hydrogen-bond acceptors (Lipinski definition) is 6. The van der Waals surface area contributed by atoms with Crippen molar-refractivity contribution in [1.82, 2.24) is 9.97 Å². The Morgan fingerprint density at radius 1 is 0.650 bits per heavy atom. The van der Waals surface area contributed by atoms with E-state index in [4.69, 9.17) is 0 Å². The van der Waals surface area contributed by atoms with Gasteiger partial charge in [-0.1, -0.05) is 60.7 Å². The number of aliphatic carboxylic acids is 2. The summed E-state index contributed by atoms with van der Waals surface area (Å²) in [7, 11) is 0. The van der Waals surface area contributed by atoms with Crippen LogP contribution in [-0.4, -0.2) is 42.3 Å². The highest BCUT2D eigenvalue weighted by Crippen LogP contribution is 2.39. The number of aliphatic hydroxyl groups excluding tert-OH is 2. The number of pyridine rings is 2. The van der Waals surface area contributed by atoms with Gasteiger partial charge in [-0.05, 0) is 80.1 Å². The van der Waals surface area contributed by atoms with Gasteiger partial charge >= 0.3 is 11.9 Å². The first-order chi connectivity index (χ1) is 18.9. The molecule has 40 heavy (non-hydrogen) atoms. The van der Waals surface area contributed by atoms with Gasteiger partial charge in [0.15, 0.2) is 0 Å². The van der Waals surface area contributed by atoms with Crippen LogP contribution in [0.1, 0.15) is 48.3 Å². The molecule has 0 bridgehead atoms. The molecule has 0 saturated heterocycles. The van der Waals surface area contributed by atoms with E-state index in [0.717, 1.165) is 0 Å². The number of aliphatic hydroxyl groups is 2. The second kappa shape index (κ2) is 13.3. The molecule has 10 heteroatoms. The number of nitrogens with zero attached hydrogens (tertiary/aromatic N) is 2. The Morgan fingerprint density at radius 2 is 0.975 bits per heavy atom. The van der Waals surface area contributed by atoms with Gasteiger partial charge in [-0.15, -0.1) is 0 Å². The summed E-state index contributed by atoms with van der Waals surface area (Å²) in [6.45, 7) is 2.99. The minimum absolute atomic E-state index is 0.440. The summed E-state index contributed by atoms with van der Waals surface area (Å²) in [6, 6.07) is 20.8. The molecule has 0 aliphatic carbocycles. The van der Waals surface area contributed by atoms with Gasteiger partial charge in [-0.25, -0.2) is 0 Å². The van der Waals surface area contributed by atoms with Crippen LogP contribution in [0.5, 0.6) is 0 Å². The first-order valence-corrected chi connectivity index (χ1v) is 13.7. The maximum absolute atomic E-state index is 11.7. The summed E-state index contributed by atoms with van der Waals surface area (Å²) in [5.74, 6) is -2.21. The molecule has 2 aromatic heterocycles. The van der Waals surface area contributed by atoms with Crippen LogP contribution in [0.15, 0.2) is 107 Å². The molecule has 0 amide bonds. The Kier molecular flexibility index (Phi) is 10.3. The summed E-state index contributed by atoms with van der Waals surface area (Å²) in [5.41, 5.74) is -0.961. The number of rotatable bonds is 8. The average molecular weight is 672 g/mol. The molecule has 0 aliphatic rings. The van der Waals surface area contributed by atoms with Crippen LogP contribution in [0, 0.1) is 0 Å². The van der Waals surface area contributed by atoms with Crippen molar-refractivity contribution in [1.29, 1.82) is 0 Å². The van der Waals surface area contributed by atoms with Crippen molar-refractivity contribution >= 4 is 43.8 Å². The van der Waals surface area contributed by atoms with Crippen molar-refractivity contribution in [3.8, 4) is 0 Å². The average Bonchev–Trinajstić information content (AvgIpc) is 2.96. The van der Waals surface area contributed by atoms with Crippen LogP contribution < -0.4 is 0 Å². The fourth-order valence-electron chi connectivity index (χ4n) is 4.13. The third-order valence-corrected chi connectivity index (χ3v) is 7.69. The first kappa shape index (κ1) is 31.1. The quantitative estimate of drug-likeness (QED) is 0.183. The van der Waals surface area contributed by atoms with Gasteiger partial charge in [0, 0.05) is 33.7 Å². The van der Waals surface area contributed by atoms with E-state index in [2.05, 4.69) is 41.8 Å². The zero-order valence-electron chi connectivity index (χ0n) is 21.6. The SMILES string of the molecule is C[C@@](C(=O)O)(c1cncc(Br)c1)[C@@H](O)c1ccccc1.C[C@@](C(=O)O)(c1cncc(Br)c1)[C@H](O)c1ccccc1. The highest BCUT2D eigenvalue weighted by Gasteiger charge is 2.44. The number of benzene rings is 2. The Hall–Kier alpha value is -3.44. The molecule has 208 valence electrons. The van der Waals surface area contributed by atoms with Crippen molar-refractivity contribution in [3.05, 3.63) is 129 Å².